The van der Waals surface area contributed by atoms with E-state index in [4.69, 9.17) is 0 Å². The number of carbonyl (C=O) groups excluding carboxylic acids is 2. The first-order chi connectivity index (χ1) is 14.9. The van der Waals surface area contributed by atoms with Crippen LogP contribution in [-0.4, -0.2) is 72.1 Å². The molecule has 2 aliphatic rings. The number of piperidine rings is 1. The summed E-state index contributed by atoms with van der Waals surface area (Å²) >= 11 is 0. The Morgan fingerprint density at radius 2 is 1.39 bits per heavy atom. The number of rotatable bonds is 3. The smallest absolute Gasteiger partial charge is 0.256 e. The lowest BCUT2D eigenvalue weighted by Crippen LogP contribution is -2.50. The van der Waals surface area contributed by atoms with Crippen LogP contribution in [0.1, 0.15) is 33.6 Å². The van der Waals surface area contributed by atoms with E-state index < -0.39 is 17.5 Å². The van der Waals surface area contributed by atoms with E-state index in [1.165, 1.54) is 4.90 Å². The van der Waals surface area contributed by atoms with E-state index >= 15 is 0 Å². The summed E-state index contributed by atoms with van der Waals surface area (Å²) in [5, 5.41) is 9.64. The second kappa shape index (κ2) is 9.01. The zero-order valence-corrected chi connectivity index (χ0v) is 17.1. The molecule has 0 atom stereocenters. The number of aliphatic hydroxyl groups excluding tert-OH is 1. The van der Waals surface area contributed by atoms with Gasteiger partial charge in [0.15, 0.2) is 0 Å². The Balaban J connectivity index is 1.34. The first-order valence-corrected chi connectivity index (χ1v) is 10.5. The van der Waals surface area contributed by atoms with Crippen LogP contribution in [0.2, 0.25) is 0 Å². The van der Waals surface area contributed by atoms with Crippen molar-refractivity contribution in [2.75, 3.05) is 44.2 Å². The summed E-state index contributed by atoms with van der Waals surface area (Å²) in [6, 6.07) is 10.3. The molecule has 2 fully saturated rings. The molecular formula is C23H25F2N3O3. The Morgan fingerprint density at radius 1 is 0.806 bits per heavy atom. The van der Waals surface area contributed by atoms with E-state index in [2.05, 4.69) is 4.90 Å². The van der Waals surface area contributed by atoms with Gasteiger partial charge >= 0.3 is 0 Å². The Morgan fingerprint density at radius 3 is 1.97 bits per heavy atom. The Hall–Kier alpha value is -3.00. The minimum absolute atomic E-state index is 0.110. The maximum atomic E-state index is 13.9. The SMILES string of the molecule is O=C(c1ccc(N2CCC(O)CC2)cc1)N1CCN(C(=O)c2ccc(F)cc2F)CC1. The van der Waals surface area contributed by atoms with Crippen molar-refractivity contribution in [3.05, 3.63) is 65.2 Å². The van der Waals surface area contributed by atoms with Crippen LogP contribution < -0.4 is 4.90 Å². The summed E-state index contributed by atoms with van der Waals surface area (Å²) in [5.74, 6) is -2.22. The zero-order valence-electron chi connectivity index (χ0n) is 17.1. The molecule has 31 heavy (non-hydrogen) atoms. The molecule has 0 aromatic heterocycles. The molecule has 2 saturated heterocycles. The maximum Gasteiger partial charge on any atom is 0.256 e. The van der Waals surface area contributed by atoms with Crippen molar-refractivity contribution in [3.63, 3.8) is 0 Å². The highest BCUT2D eigenvalue weighted by Gasteiger charge is 2.27. The van der Waals surface area contributed by atoms with Crippen molar-refractivity contribution in [1.29, 1.82) is 0 Å². The number of amides is 2. The monoisotopic (exact) mass is 429 g/mol. The Kier molecular flexibility index (Phi) is 6.18. The van der Waals surface area contributed by atoms with E-state index in [1.54, 1.807) is 17.0 Å². The first kappa shape index (κ1) is 21.2. The fraction of sp³-hybridized carbons (Fsp3) is 0.391. The number of anilines is 1. The molecule has 0 radical (unpaired) electrons. The lowest BCUT2D eigenvalue weighted by atomic mass is 10.1. The average Bonchev–Trinajstić information content (AvgIpc) is 2.79. The van der Waals surface area contributed by atoms with E-state index in [0.717, 1.165) is 43.8 Å². The third-order valence-electron chi connectivity index (χ3n) is 5.96. The van der Waals surface area contributed by atoms with E-state index in [0.29, 0.717) is 24.7 Å². The fourth-order valence-electron chi connectivity index (χ4n) is 4.07. The van der Waals surface area contributed by atoms with E-state index in [1.807, 2.05) is 12.1 Å². The van der Waals surface area contributed by atoms with Crippen molar-refractivity contribution in [3.8, 4) is 0 Å². The molecule has 2 heterocycles. The molecular weight excluding hydrogens is 404 g/mol. The molecule has 2 aromatic rings. The lowest BCUT2D eigenvalue weighted by molar-refractivity contribution is 0.0532. The van der Waals surface area contributed by atoms with Gasteiger partial charge in [-0.1, -0.05) is 0 Å². The minimum atomic E-state index is -0.883. The van der Waals surface area contributed by atoms with Crippen LogP contribution in [0, 0.1) is 11.6 Å². The maximum absolute atomic E-state index is 13.9. The van der Waals surface area contributed by atoms with Gasteiger partial charge in [0.05, 0.1) is 11.7 Å². The predicted molar refractivity (Wildman–Crippen MR) is 112 cm³/mol. The van der Waals surface area contributed by atoms with Gasteiger partial charge in [0.25, 0.3) is 11.8 Å². The van der Waals surface area contributed by atoms with Crippen molar-refractivity contribution in [2.45, 2.75) is 18.9 Å². The second-order valence-electron chi connectivity index (χ2n) is 7.97. The van der Waals surface area contributed by atoms with Crippen molar-refractivity contribution >= 4 is 17.5 Å². The largest absolute Gasteiger partial charge is 0.393 e. The van der Waals surface area contributed by atoms with Gasteiger partial charge in [0.2, 0.25) is 0 Å². The van der Waals surface area contributed by atoms with Crippen LogP contribution in [0.3, 0.4) is 0 Å². The molecule has 0 bridgehead atoms. The number of benzene rings is 2. The van der Waals surface area contributed by atoms with Crippen LogP contribution in [0.5, 0.6) is 0 Å². The van der Waals surface area contributed by atoms with Crippen molar-refractivity contribution in [2.24, 2.45) is 0 Å². The average molecular weight is 429 g/mol. The van der Waals surface area contributed by atoms with Crippen molar-refractivity contribution in [1.82, 2.24) is 9.80 Å². The zero-order chi connectivity index (χ0) is 22.0. The number of halogens is 2. The Bertz CT molecular complexity index is 951. The number of piperazine rings is 1. The molecule has 0 unspecified atom stereocenters. The highest BCUT2D eigenvalue weighted by molar-refractivity contribution is 5.96. The highest BCUT2D eigenvalue weighted by atomic mass is 19.1. The molecule has 1 N–H and O–H groups in total. The van der Waals surface area contributed by atoms with Gasteiger partial charge in [-0.2, -0.15) is 0 Å². The van der Waals surface area contributed by atoms with Gasteiger partial charge < -0.3 is 19.8 Å². The van der Waals surface area contributed by atoms with Gasteiger partial charge in [-0.15, -0.1) is 0 Å². The molecule has 8 heteroatoms. The van der Waals surface area contributed by atoms with Crippen LogP contribution in [-0.2, 0) is 0 Å². The van der Waals surface area contributed by atoms with Gasteiger partial charge in [0.1, 0.15) is 11.6 Å². The molecule has 4 rings (SSSR count). The number of nitrogens with zero attached hydrogens (tertiary/aromatic N) is 3. The third kappa shape index (κ3) is 4.69. The number of carbonyl (C=O) groups is 2. The van der Waals surface area contributed by atoms with E-state index in [-0.39, 0.29) is 30.7 Å². The Labute approximate surface area is 179 Å². The molecule has 2 aliphatic heterocycles. The molecule has 0 spiro atoms. The summed E-state index contributed by atoms with van der Waals surface area (Å²) < 4.78 is 27.0. The molecule has 164 valence electrons. The summed E-state index contributed by atoms with van der Waals surface area (Å²) in [7, 11) is 0. The number of aliphatic hydroxyl groups is 1. The fourth-order valence-corrected chi connectivity index (χ4v) is 4.07. The normalized spacial score (nSPS) is 17.7. The lowest BCUT2D eigenvalue weighted by Gasteiger charge is -2.35. The third-order valence-corrected chi connectivity index (χ3v) is 5.96. The number of hydrogen-bond acceptors (Lipinski definition) is 4. The van der Waals surface area contributed by atoms with Crippen LogP contribution in [0.15, 0.2) is 42.5 Å². The molecule has 0 aliphatic carbocycles. The topological polar surface area (TPSA) is 64.1 Å². The highest BCUT2D eigenvalue weighted by Crippen LogP contribution is 2.21. The minimum Gasteiger partial charge on any atom is -0.393 e. The van der Waals surface area contributed by atoms with Gasteiger partial charge in [-0.25, -0.2) is 8.78 Å². The summed E-state index contributed by atoms with van der Waals surface area (Å²) in [6.07, 6.45) is 1.25. The second-order valence-corrected chi connectivity index (χ2v) is 7.97. The van der Waals surface area contributed by atoms with Crippen molar-refractivity contribution < 1.29 is 23.5 Å². The molecule has 2 aromatic carbocycles. The van der Waals surface area contributed by atoms with Crippen LogP contribution in [0.25, 0.3) is 0 Å². The summed E-state index contributed by atoms with van der Waals surface area (Å²) in [4.78, 5) is 30.7. The van der Waals surface area contributed by atoms with Crippen LogP contribution >= 0.6 is 0 Å². The molecule has 0 saturated carbocycles. The summed E-state index contributed by atoms with van der Waals surface area (Å²) in [5.41, 5.74) is 1.44. The van der Waals surface area contributed by atoms with E-state index in [9.17, 15) is 23.5 Å². The van der Waals surface area contributed by atoms with Gasteiger partial charge in [0, 0.05) is 56.6 Å². The number of hydrogen-bond donors (Lipinski definition) is 1. The van der Waals surface area contributed by atoms with Crippen LogP contribution in [0.4, 0.5) is 14.5 Å². The summed E-state index contributed by atoms with van der Waals surface area (Å²) in [6.45, 7) is 2.85. The first-order valence-electron chi connectivity index (χ1n) is 10.5. The predicted octanol–water partition coefficient (Wildman–Crippen LogP) is 2.52. The molecule has 2 amide bonds. The van der Waals surface area contributed by atoms with Gasteiger partial charge in [-0.05, 0) is 49.2 Å². The standard InChI is InChI=1S/C23H25F2N3O3/c24-17-3-6-20(21(25)15-17)23(31)28-13-11-27(12-14-28)22(30)16-1-4-18(5-2-16)26-9-7-19(29)8-10-26/h1-6,15,19,29H,7-14H2. The van der Waals surface area contributed by atoms with Gasteiger partial charge in [-0.3, -0.25) is 9.59 Å². The quantitative estimate of drug-likeness (QED) is 0.815. The molecule has 6 nitrogen and oxygen atoms in total.